The molecule has 2 rings (SSSR count). The van der Waals surface area contributed by atoms with Crippen molar-refractivity contribution in [3.8, 4) is 0 Å². The van der Waals surface area contributed by atoms with Gasteiger partial charge in [-0.2, -0.15) is 0 Å². The average Bonchev–Trinajstić information content (AvgIpc) is 2.55. The lowest BCUT2D eigenvalue weighted by Crippen LogP contribution is -2.35. The Morgan fingerprint density at radius 2 is 1.91 bits per heavy atom. The summed E-state index contributed by atoms with van der Waals surface area (Å²) in [5.41, 5.74) is 3.71. The van der Waals surface area contributed by atoms with Gasteiger partial charge in [0.05, 0.1) is 6.42 Å². The standard InChI is InChI=1S/C19H25NO3/c1-3-15(8-10-18(21)22)16-7-9-17(14(2)13-16)19(23)20-11-5-4-6-12-20/h7-9,13H,3-6,10-12H2,1-2H3,(H,21,22)/b15-8+. The first kappa shape index (κ1) is 17.3. The highest BCUT2D eigenvalue weighted by Gasteiger charge is 2.19. The van der Waals surface area contributed by atoms with Crippen LogP contribution >= 0.6 is 0 Å². The van der Waals surface area contributed by atoms with Crippen LogP contribution in [0.1, 0.15) is 60.5 Å². The summed E-state index contributed by atoms with van der Waals surface area (Å²) < 4.78 is 0. The molecule has 0 unspecified atom stereocenters. The van der Waals surface area contributed by atoms with E-state index in [1.807, 2.05) is 36.9 Å². The molecule has 0 aromatic heterocycles. The minimum Gasteiger partial charge on any atom is -0.481 e. The highest BCUT2D eigenvalue weighted by Crippen LogP contribution is 2.23. The Kier molecular flexibility index (Phi) is 5.97. The van der Waals surface area contributed by atoms with Crippen molar-refractivity contribution in [3.63, 3.8) is 0 Å². The van der Waals surface area contributed by atoms with Crippen molar-refractivity contribution in [2.45, 2.75) is 46.0 Å². The van der Waals surface area contributed by atoms with Crippen LogP contribution in [0.2, 0.25) is 0 Å². The number of rotatable bonds is 5. The average molecular weight is 315 g/mol. The van der Waals surface area contributed by atoms with E-state index in [1.54, 1.807) is 6.08 Å². The van der Waals surface area contributed by atoms with Gasteiger partial charge < -0.3 is 10.0 Å². The van der Waals surface area contributed by atoms with Crippen molar-refractivity contribution < 1.29 is 14.7 Å². The largest absolute Gasteiger partial charge is 0.481 e. The Balaban J connectivity index is 2.21. The summed E-state index contributed by atoms with van der Waals surface area (Å²) in [6.45, 7) is 5.65. The van der Waals surface area contributed by atoms with Gasteiger partial charge in [0.15, 0.2) is 0 Å². The van der Waals surface area contributed by atoms with Crippen LogP contribution in [0.3, 0.4) is 0 Å². The number of hydrogen-bond acceptors (Lipinski definition) is 2. The molecule has 0 atom stereocenters. The van der Waals surface area contributed by atoms with E-state index in [-0.39, 0.29) is 12.3 Å². The van der Waals surface area contributed by atoms with Gasteiger partial charge in [-0.25, -0.2) is 0 Å². The summed E-state index contributed by atoms with van der Waals surface area (Å²) in [6, 6.07) is 5.81. The molecular formula is C19H25NO3. The van der Waals surface area contributed by atoms with Crippen LogP contribution in [0.4, 0.5) is 0 Å². The predicted molar refractivity (Wildman–Crippen MR) is 91.5 cm³/mol. The first-order chi connectivity index (χ1) is 11.0. The van der Waals surface area contributed by atoms with Gasteiger partial charge in [-0.1, -0.05) is 25.1 Å². The van der Waals surface area contributed by atoms with E-state index in [0.29, 0.717) is 0 Å². The van der Waals surface area contributed by atoms with Crippen LogP contribution in [-0.2, 0) is 4.79 Å². The van der Waals surface area contributed by atoms with Gasteiger partial charge in [-0.15, -0.1) is 0 Å². The molecular weight excluding hydrogens is 290 g/mol. The van der Waals surface area contributed by atoms with Gasteiger partial charge in [0, 0.05) is 18.7 Å². The molecule has 1 heterocycles. The Morgan fingerprint density at radius 3 is 2.48 bits per heavy atom. The molecule has 1 aliphatic heterocycles. The van der Waals surface area contributed by atoms with Gasteiger partial charge in [-0.3, -0.25) is 9.59 Å². The lowest BCUT2D eigenvalue weighted by Gasteiger charge is -2.27. The number of carboxylic acid groups (broad SMARTS) is 1. The van der Waals surface area contributed by atoms with E-state index in [1.165, 1.54) is 6.42 Å². The summed E-state index contributed by atoms with van der Waals surface area (Å²) in [7, 11) is 0. The van der Waals surface area contributed by atoms with E-state index >= 15 is 0 Å². The number of carboxylic acids is 1. The molecule has 0 bridgehead atoms. The molecule has 1 N–H and O–H groups in total. The summed E-state index contributed by atoms with van der Waals surface area (Å²) >= 11 is 0. The van der Waals surface area contributed by atoms with E-state index in [2.05, 4.69) is 0 Å². The van der Waals surface area contributed by atoms with E-state index in [9.17, 15) is 9.59 Å². The third kappa shape index (κ3) is 4.44. The van der Waals surface area contributed by atoms with Crippen molar-refractivity contribution >= 4 is 17.4 Å². The van der Waals surface area contributed by atoms with E-state index < -0.39 is 5.97 Å². The zero-order valence-electron chi connectivity index (χ0n) is 14.0. The van der Waals surface area contributed by atoms with Gasteiger partial charge in [0.2, 0.25) is 0 Å². The maximum absolute atomic E-state index is 12.6. The summed E-state index contributed by atoms with van der Waals surface area (Å²) in [4.78, 5) is 25.3. The van der Waals surface area contributed by atoms with Crippen LogP contribution < -0.4 is 0 Å². The predicted octanol–water partition coefficient (Wildman–Crippen LogP) is 3.89. The third-order valence-corrected chi connectivity index (χ3v) is 4.37. The molecule has 1 aromatic rings. The van der Waals surface area contributed by atoms with Crippen LogP contribution in [0.15, 0.2) is 24.3 Å². The molecule has 1 aliphatic rings. The second-order valence-electron chi connectivity index (χ2n) is 6.06. The molecule has 23 heavy (non-hydrogen) atoms. The van der Waals surface area contributed by atoms with Crippen LogP contribution in [0.5, 0.6) is 0 Å². The Hall–Kier alpha value is -2.10. The van der Waals surface area contributed by atoms with Crippen LogP contribution in [0, 0.1) is 6.92 Å². The number of carbonyl (C=O) groups is 2. The molecule has 1 aromatic carbocycles. The number of nitrogens with zero attached hydrogens (tertiary/aromatic N) is 1. The number of hydrogen-bond donors (Lipinski definition) is 1. The fraction of sp³-hybridized carbons (Fsp3) is 0.474. The van der Waals surface area contributed by atoms with Gasteiger partial charge in [0.1, 0.15) is 0 Å². The normalized spacial score (nSPS) is 15.6. The molecule has 4 heteroatoms. The minimum atomic E-state index is -0.829. The smallest absolute Gasteiger partial charge is 0.307 e. The lowest BCUT2D eigenvalue weighted by molar-refractivity contribution is -0.136. The SMILES string of the molecule is CC/C(=C\CC(=O)O)c1ccc(C(=O)N2CCCCC2)c(C)c1. The van der Waals surface area contributed by atoms with Gasteiger partial charge in [0.25, 0.3) is 5.91 Å². The fourth-order valence-electron chi connectivity index (χ4n) is 3.05. The van der Waals surface area contributed by atoms with Crippen molar-refractivity contribution in [2.75, 3.05) is 13.1 Å². The number of allylic oxidation sites excluding steroid dienone is 1. The number of amides is 1. The Labute approximate surface area is 137 Å². The van der Waals surface area contributed by atoms with Crippen LogP contribution in [0.25, 0.3) is 5.57 Å². The second kappa shape index (κ2) is 7.95. The van der Waals surface area contributed by atoms with Gasteiger partial charge in [-0.05, 0) is 55.4 Å². The summed E-state index contributed by atoms with van der Waals surface area (Å²) in [6.07, 6.45) is 5.92. The maximum atomic E-state index is 12.6. The number of piperidine rings is 1. The van der Waals surface area contributed by atoms with Crippen LogP contribution in [-0.4, -0.2) is 35.0 Å². The number of aryl methyl sites for hydroxylation is 1. The molecule has 1 saturated heterocycles. The molecule has 124 valence electrons. The monoisotopic (exact) mass is 315 g/mol. The second-order valence-corrected chi connectivity index (χ2v) is 6.06. The first-order valence-electron chi connectivity index (χ1n) is 8.34. The van der Waals surface area contributed by atoms with Crippen molar-refractivity contribution in [2.24, 2.45) is 0 Å². The molecule has 0 spiro atoms. The zero-order valence-corrected chi connectivity index (χ0v) is 14.0. The minimum absolute atomic E-state index is 0.0245. The number of benzene rings is 1. The molecule has 1 amide bonds. The Bertz CT molecular complexity index is 613. The first-order valence-corrected chi connectivity index (χ1v) is 8.34. The molecule has 4 nitrogen and oxygen atoms in total. The molecule has 0 saturated carbocycles. The van der Waals surface area contributed by atoms with Crippen molar-refractivity contribution in [1.29, 1.82) is 0 Å². The summed E-state index contributed by atoms with van der Waals surface area (Å²) in [5.74, 6) is -0.717. The van der Waals surface area contributed by atoms with E-state index in [0.717, 1.165) is 54.6 Å². The number of aliphatic carboxylic acids is 1. The maximum Gasteiger partial charge on any atom is 0.307 e. The van der Waals surface area contributed by atoms with Crippen molar-refractivity contribution in [3.05, 3.63) is 41.0 Å². The topological polar surface area (TPSA) is 57.6 Å². The molecule has 0 radical (unpaired) electrons. The fourth-order valence-corrected chi connectivity index (χ4v) is 3.05. The highest BCUT2D eigenvalue weighted by molar-refractivity contribution is 5.96. The van der Waals surface area contributed by atoms with Crippen molar-refractivity contribution in [1.82, 2.24) is 4.90 Å². The zero-order chi connectivity index (χ0) is 16.8. The Morgan fingerprint density at radius 1 is 1.22 bits per heavy atom. The van der Waals surface area contributed by atoms with Gasteiger partial charge >= 0.3 is 5.97 Å². The number of likely N-dealkylation sites (tertiary alicyclic amines) is 1. The molecule has 1 fully saturated rings. The molecule has 0 aliphatic carbocycles. The number of carbonyl (C=O) groups excluding carboxylic acids is 1. The lowest BCUT2D eigenvalue weighted by atomic mass is 9.96. The summed E-state index contributed by atoms with van der Waals surface area (Å²) in [5, 5.41) is 8.83. The third-order valence-electron chi connectivity index (χ3n) is 4.37. The highest BCUT2D eigenvalue weighted by atomic mass is 16.4. The van der Waals surface area contributed by atoms with E-state index in [4.69, 9.17) is 5.11 Å². The quantitative estimate of drug-likeness (QED) is 0.897.